The number of aromatic nitrogens is 1. The Hall–Kier alpha value is -1.36. The molecule has 1 aromatic carbocycles. The van der Waals surface area contributed by atoms with Crippen LogP contribution in [0.2, 0.25) is 5.15 Å². The van der Waals surface area contributed by atoms with Gasteiger partial charge in [-0.3, -0.25) is 4.90 Å². The molecule has 1 aromatic heterocycles. The fourth-order valence-electron chi connectivity index (χ4n) is 2.92. The molecule has 2 aromatic rings. The SMILES string of the molecule is CCOc1ccc2cc(CCCN3CCOCC3)c(Cl)nc2c1. The molecule has 3 rings (SSSR count). The maximum Gasteiger partial charge on any atom is 0.132 e. The first kappa shape index (κ1) is 16.5. The number of ether oxygens (including phenoxy) is 2. The highest BCUT2D eigenvalue weighted by atomic mass is 35.5. The van der Waals surface area contributed by atoms with Crippen molar-refractivity contribution in [3.05, 3.63) is 35.0 Å². The molecule has 1 fully saturated rings. The third-order valence-electron chi connectivity index (χ3n) is 4.15. The van der Waals surface area contributed by atoms with Crippen molar-refractivity contribution in [2.75, 3.05) is 39.5 Å². The van der Waals surface area contributed by atoms with E-state index in [1.807, 2.05) is 19.1 Å². The second kappa shape index (κ2) is 7.95. The monoisotopic (exact) mass is 334 g/mol. The molecule has 0 aliphatic carbocycles. The highest BCUT2D eigenvalue weighted by molar-refractivity contribution is 6.30. The fraction of sp³-hybridized carbons (Fsp3) is 0.500. The fourth-order valence-corrected chi connectivity index (χ4v) is 3.16. The molecule has 0 radical (unpaired) electrons. The minimum absolute atomic E-state index is 0.605. The van der Waals surface area contributed by atoms with Crippen LogP contribution in [-0.2, 0) is 11.2 Å². The number of benzene rings is 1. The second-order valence-electron chi connectivity index (χ2n) is 5.78. The molecule has 1 aliphatic heterocycles. The quantitative estimate of drug-likeness (QED) is 0.757. The van der Waals surface area contributed by atoms with Gasteiger partial charge < -0.3 is 9.47 Å². The summed E-state index contributed by atoms with van der Waals surface area (Å²) in [5.41, 5.74) is 2.01. The number of rotatable bonds is 6. The number of aryl methyl sites for hydroxylation is 1. The number of hydrogen-bond donors (Lipinski definition) is 0. The van der Waals surface area contributed by atoms with Crippen molar-refractivity contribution in [1.82, 2.24) is 9.88 Å². The van der Waals surface area contributed by atoms with Crippen LogP contribution in [-0.4, -0.2) is 49.3 Å². The Kier molecular flexibility index (Phi) is 5.70. The van der Waals surface area contributed by atoms with Crippen molar-refractivity contribution >= 4 is 22.5 Å². The summed E-state index contributed by atoms with van der Waals surface area (Å²) in [5, 5.41) is 1.72. The summed E-state index contributed by atoms with van der Waals surface area (Å²) in [5.74, 6) is 0.837. The van der Waals surface area contributed by atoms with Gasteiger partial charge in [0.25, 0.3) is 0 Å². The predicted octanol–water partition coefficient (Wildman–Crippen LogP) is 3.55. The maximum atomic E-state index is 6.37. The van der Waals surface area contributed by atoms with Gasteiger partial charge in [-0.25, -0.2) is 4.98 Å². The number of pyridine rings is 1. The molecule has 0 saturated carbocycles. The zero-order chi connectivity index (χ0) is 16.1. The van der Waals surface area contributed by atoms with Crippen LogP contribution >= 0.6 is 11.6 Å². The molecule has 0 N–H and O–H groups in total. The van der Waals surface area contributed by atoms with Gasteiger partial charge in [-0.2, -0.15) is 0 Å². The molecule has 124 valence electrons. The van der Waals surface area contributed by atoms with Crippen LogP contribution in [0, 0.1) is 0 Å². The number of morpholine rings is 1. The average molecular weight is 335 g/mol. The lowest BCUT2D eigenvalue weighted by atomic mass is 10.1. The van der Waals surface area contributed by atoms with E-state index in [0.29, 0.717) is 11.8 Å². The Labute approximate surface area is 142 Å². The second-order valence-corrected chi connectivity index (χ2v) is 6.14. The molecule has 0 spiro atoms. The summed E-state index contributed by atoms with van der Waals surface area (Å²) < 4.78 is 10.9. The van der Waals surface area contributed by atoms with Gasteiger partial charge in [0.05, 0.1) is 25.3 Å². The van der Waals surface area contributed by atoms with Gasteiger partial charge in [0, 0.05) is 24.5 Å². The molecule has 1 saturated heterocycles. The average Bonchev–Trinajstić information content (AvgIpc) is 2.57. The minimum atomic E-state index is 0.605. The van der Waals surface area contributed by atoms with Crippen LogP contribution in [0.4, 0.5) is 0 Å². The van der Waals surface area contributed by atoms with E-state index in [-0.39, 0.29) is 0 Å². The van der Waals surface area contributed by atoms with Gasteiger partial charge in [-0.1, -0.05) is 11.6 Å². The smallest absolute Gasteiger partial charge is 0.132 e. The molecule has 0 atom stereocenters. The van der Waals surface area contributed by atoms with E-state index >= 15 is 0 Å². The summed E-state index contributed by atoms with van der Waals surface area (Å²) in [7, 11) is 0. The van der Waals surface area contributed by atoms with E-state index in [0.717, 1.165) is 67.9 Å². The summed E-state index contributed by atoms with van der Waals surface area (Å²) in [6.45, 7) is 7.47. The maximum absolute atomic E-state index is 6.37. The first-order chi connectivity index (χ1) is 11.3. The highest BCUT2D eigenvalue weighted by Crippen LogP contribution is 2.25. The first-order valence-electron chi connectivity index (χ1n) is 8.28. The summed E-state index contributed by atoms with van der Waals surface area (Å²) in [6, 6.07) is 8.13. The number of halogens is 1. The normalized spacial score (nSPS) is 15.9. The third-order valence-corrected chi connectivity index (χ3v) is 4.48. The van der Waals surface area contributed by atoms with Crippen LogP contribution < -0.4 is 4.74 Å². The molecular weight excluding hydrogens is 312 g/mol. The zero-order valence-corrected chi connectivity index (χ0v) is 14.3. The minimum Gasteiger partial charge on any atom is -0.494 e. The molecule has 23 heavy (non-hydrogen) atoms. The lowest BCUT2D eigenvalue weighted by Crippen LogP contribution is -2.36. The first-order valence-corrected chi connectivity index (χ1v) is 8.66. The van der Waals surface area contributed by atoms with Gasteiger partial charge >= 0.3 is 0 Å². The third kappa shape index (κ3) is 4.34. The van der Waals surface area contributed by atoms with Crippen LogP contribution in [0.1, 0.15) is 18.9 Å². The molecule has 0 bridgehead atoms. The Balaban J connectivity index is 1.65. The van der Waals surface area contributed by atoms with Crippen LogP contribution in [0.15, 0.2) is 24.3 Å². The van der Waals surface area contributed by atoms with Crippen molar-refractivity contribution in [3.63, 3.8) is 0 Å². The number of hydrogen-bond acceptors (Lipinski definition) is 4. The van der Waals surface area contributed by atoms with E-state index in [9.17, 15) is 0 Å². The van der Waals surface area contributed by atoms with Crippen LogP contribution in [0.25, 0.3) is 10.9 Å². The number of fused-ring (bicyclic) bond motifs is 1. The Morgan fingerprint density at radius 2 is 2.09 bits per heavy atom. The largest absolute Gasteiger partial charge is 0.494 e. The molecular formula is C18H23ClN2O2. The topological polar surface area (TPSA) is 34.6 Å². The van der Waals surface area contributed by atoms with E-state index in [1.54, 1.807) is 0 Å². The molecule has 0 amide bonds. The highest BCUT2D eigenvalue weighted by Gasteiger charge is 2.11. The Bertz CT molecular complexity index is 657. The summed E-state index contributed by atoms with van der Waals surface area (Å²) >= 11 is 6.37. The lowest BCUT2D eigenvalue weighted by Gasteiger charge is -2.26. The van der Waals surface area contributed by atoms with Crippen molar-refractivity contribution in [2.24, 2.45) is 0 Å². The van der Waals surface area contributed by atoms with Crippen LogP contribution in [0.3, 0.4) is 0 Å². The standard InChI is InChI=1S/C18H23ClN2O2/c1-2-23-16-6-5-14-12-15(18(19)20-17(14)13-16)4-3-7-21-8-10-22-11-9-21/h5-6,12-13H,2-4,7-11H2,1H3. The van der Waals surface area contributed by atoms with E-state index in [4.69, 9.17) is 21.1 Å². The summed E-state index contributed by atoms with van der Waals surface area (Å²) in [4.78, 5) is 6.98. The van der Waals surface area contributed by atoms with Crippen molar-refractivity contribution in [3.8, 4) is 5.75 Å². The molecule has 2 heterocycles. The summed E-state index contributed by atoms with van der Waals surface area (Å²) in [6.07, 6.45) is 2.04. The molecule has 0 unspecified atom stereocenters. The Morgan fingerprint density at radius 1 is 1.26 bits per heavy atom. The van der Waals surface area contributed by atoms with Gasteiger partial charge in [0.15, 0.2) is 0 Å². The molecule has 4 nitrogen and oxygen atoms in total. The van der Waals surface area contributed by atoms with E-state index in [2.05, 4.69) is 22.0 Å². The van der Waals surface area contributed by atoms with Gasteiger partial charge in [-0.05, 0) is 50.1 Å². The molecule has 1 aliphatic rings. The zero-order valence-electron chi connectivity index (χ0n) is 13.6. The van der Waals surface area contributed by atoms with Crippen LogP contribution in [0.5, 0.6) is 5.75 Å². The van der Waals surface area contributed by atoms with Gasteiger partial charge in [0.1, 0.15) is 10.9 Å². The van der Waals surface area contributed by atoms with Crippen molar-refractivity contribution in [1.29, 1.82) is 0 Å². The Morgan fingerprint density at radius 3 is 2.87 bits per heavy atom. The molecule has 5 heteroatoms. The van der Waals surface area contributed by atoms with Gasteiger partial charge in [-0.15, -0.1) is 0 Å². The van der Waals surface area contributed by atoms with Crippen molar-refractivity contribution in [2.45, 2.75) is 19.8 Å². The number of nitrogens with zero attached hydrogens (tertiary/aromatic N) is 2. The predicted molar refractivity (Wildman–Crippen MR) is 93.5 cm³/mol. The van der Waals surface area contributed by atoms with E-state index < -0.39 is 0 Å². The van der Waals surface area contributed by atoms with Crippen molar-refractivity contribution < 1.29 is 9.47 Å². The lowest BCUT2D eigenvalue weighted by molar-refractivity contribution is 0.0374. The van der Waals surface area contributed by atoms with E-state index in [1.165, 1.54) is 0 Å². The van der Waals surface area contributed by atoms with Gasteiger partial charge in [0.2, 0.25) is 0 Å².